The Morgan fingerprint density at radius 1 is 1.29 bits per heavy atom. The van der Waals surface area contributed by atoms with E-state index in [2.05, 4.69) is 24.3 Å². The van der Waals surface area contributed by atoms with E-state index in [0.717, 1.165) is 5.56 Å². The Kier molecular flexibility index (Phi) is 4.30. The summed E-state index contributed by atoms with van der Waals surface area (Å²) >= 11 is 9.26. The Labute approximate surface area is 135 Å². The predicted molar refractivity (Wildman–Crippen MR) is 77.2 cm³/mol. The summed E-state index contributed by atoms with van der Waals surface area (Å²) in [5.74, 6) is -0.919. The average Bonchev–Trinajstić information content (AvgIpc) is 2.82. The molecule has 2 aliphatic rings. The van der Waals surface area contributed by atoms with Gasteiger partial charge in [0.2, 0.25) is 12.1 Å². The van der Waals surface area contributed by atoms with Crippen LogP contribution in [0.3, 0.4) is 0 Å². The van der Waals surface area contributed by atoms with Crippen molar-refractivity contribution in [2.24, 2.45) is 0 Å². The van der Waals surface area contributed by atoms with Crippen molar-refractivity contribution >= 4 is 37.9 Å². The molecule has 2 fully saturated rings. The number of rotatable bonds is 4. The van der Waals surface area contributed by atoms with Crippen LogP contribution >= 0.6 is 27.5 Å². The minimum Gasteiger partial charge on any atom is -0.342 e. The third kappa shape index (κ3) is 3.26. The molecule has 116 valence electrons. The standard InChI is InChI=1S/C12H12BrClO6S/c13-7-12(8-1-3-9(14)4-2-8)17-6-10(18-12)5-11-19-21(15,16)20-11/h1-4,10-11H,5-7H2/t10-,12+/m0/s1. The highest BCUT2D eigenvalue weighted by Gasteiger charge is 2.46. The van der Waals surface area contributed by atoms with Crippen LogP contribution in [0.25, 0.3) is 0 Å². The Bertz CT molecular complexity index is 609. The van der Waals surface area contributed by atoms with Gasteiger partial charge in [0.25, 0.3) is 0 Å². The summed E-state index contributed by atoms with van der Waals surface area (Å²) in [6, 6.07) is 7.16. The highest BCUT2D eigenvalue weighted by molar-refractivity contribution is 9.09. The van der Waals surface area contributed by atoms with Gasteiger partial charge in [0.15, 0.2) is 0 Å². The van der Waals surface area contributed by atoms with Crippen molar-refractivity contribution in [1.29, 1.82) is 0 Å². The van der Waals surface area contributed by atoms with Crippen molar-refractivity contribution < 1.29 is 26.3 Å². The summed E-state index contributed by atoms with van der Waals surface area (Å²) in [5, 5.41) is 1.06. The van der Waals surface area contributed by atoms with Crippen molar-refractivity contribution in [2.45, 2.75) is 24.6 Å². The quantitative estimate of drug-likeness (QED) is 0.724. The molecule has 9 heteroatoms. The van der Waals surface area contributed by atoms with Gasteiger partial charge in [-0.05, 0) is 12.1 Å². The second-order valence-corrected chi connectivity index (χ2v) is 6.91. The lowest BCUT2D eigenvalue weighted by molar-refractivity contribution is -0.168. The number of hydrogen-bond donors (Lipinski definition) is 0. The van der Waals surface area contributed by atoms with Crippen molar-refractivity contribution in [2.75, 3.05) is 11.9 Å². The maximum atomic E-state index is 10.8. The van der Waals surface area contributed by atoms with Gasteiger partial charge >= 0.3 is 10.4 Å². The molecule has 1 aromatic carbocycles. The van der Waals surface area contributed by atoms with Crippen LogP contribution in [-0.2, 0) is 34.0 Å². The lowest BCUT2D eigenvalue weighted by Crippen LogP contribution is -2.39. The molecular weight excluding hydrogens is 388 g/mol. The molecule has 3 rings (SSSR count). The van der Waals surface area contributed by atoms with Crippen LogP contribution in [0.4, 0.5) is 0 Å². The fourth-order valence-corrected chi connectivity index (χ4v) is 3.69. The van der Waals surface area contributed by atoms with Gasteiger partial charge in [-0.2, -0.15) is 8.42 Å². The molecule has 2 aliphatic heterocycles. The largest absolute Gasteiger partial charge is 0.404 e. The van der Waals surface area contributed by atoms with E-state index in [1.807, 2.05) is 12.1 Å². The molecule has 2 saturated heterocycles. The molecule has 6 nitrogen and oxygen atoms in total. The smallest absolute Gasteiger partial charge is 0.342 e. The van der Waals surface area contributed by atoms with E-state index in [0.29, 0.717) is 17.0 Å². The third-order valence-corrected chi connectivity index (χ3v) is 5.12. The maximum absolute atomic E-state index is 10.8. The van der Waals surface area contributed by atoms with E-state index in [9.17, 15) is 8.42 Å². The number of ether oxygens (including phenoxy) is 2. The zero-order valence-corrected chi connectivity index (χ0v) is 13.9. The fraction of sp³-hybridized carbons (Fsp3) is 0.500. The van der Waals surface area contributed by atoms with Crippen molar-refractivity contribution in [3.63, 3.8) is 0 Å². The van der Waals surface area contributed by atoms with Crippen molar-refractivity contribution in [1.82, 2.24) is 0 Å². The first-order valence-electron chi connectivity index (χ1n) is 6.18. The molecule has 0 bridgehead atoms. The first-order valence-corrected chi connectivity index (χ1v) is 9.01. The van der Waals surface area contributed by atoms with Crippen LogP contribution in [0.1, 0.15) is 12.0 Å². The number of hydrogen-bond acceptors (Lipinski definition) is 6. The van der Waals surface area contributed by atoms with Crippen LogP contribution in [-0.4, -0.2) is 32.7 Å². The molecular formula is C12H12BrClO6S. The van der Waals surface area contributed by atoms with E-state index in [1.54, 1.807) is 12.1 Å². The molecule has 0 unspecified atom stereocenters. The van der Waals surface area contributed by atoms with Crippen LogP contribution in [0.5, 0.6) is 0 Å². The number of benzene rings is 1. The van der Waals surface area contributed by atoms with Gasteiger partial charge in [-0.25, -0.2) is 8.37 Å². The molecule has 1 aromatic rings. The van der Waals surface area contributed by atoms with Crippen molar-refractivity contribution in [3.05, 3.63) is 34.9 Å². The van der Waals surface area contributed by atoms with Gasteiger partial charge in [-0.3, -0.25) is 0 Å². The third-order valence-electron chi connectivity index (χ3n) is 3.23. The molecule has 0 aliphatic carbocycles. The summed E-state index contributed by atoms with van der Waals surface area (Å²) < 4.78 is 42.4. The van der Waals surface area contributed by atoms with E-state index in [4.69, 9.17) is 21.1 Å². The maximum Gasteiger partial charge on any atom is 0.404 e. The van der Waals surface area contributed by atoms with Crippen LogP contribution in [0.2, 0.25) is 5.02 Å². The summed E-state index contributed by atoms with van der Waals surface area (Å²) in [6.07, 6.45) is -0.847. The van der Waals surface area contributed by atoms with Gasteiger partial charge in [0.1, 0.15) is 0 Å². The normalized spacial score (nSPS) is 32.0. The lowest BCUT2D eigenvalue weighted by atomic mass is 10.1. The van der Waals surface area contributed by atoms with Gasteiger partial charge in [-0.1, -0.05) is 39.7 Å². The van der Waals surface area contributed by atoms with Gasteiger partial charge in [0.05, 0.1) is 18.0 Å². The van der Waals surface area contributed by atoms with E-state index >= 15 is 0 Å². The summed E-state index contributed by atoms with van der Waals surface area (Å²) in [4.78, 5) is 0. The molecule has 0 aromatic heterocycles. The first-order chi connectivity index (χ1) is 9.92. The number of alkyl halides is 1. The van der Waals surface area contributed by atoms with Gasteiger partial charge in [0, 0.05) is 17.0 Å². The zero-order valence-electron chi connectivity index (χ0n) is 10.7. The molecule has 2 atom stereocenters. The zero-order chi connectivity index (χ0) is 15.1. The van der Waals surface area contributed by atoms with E-state index in [1.165, 1.54) is 0 Å². The highest BCUT2D eigenvalue weighted by atomic mass is 79.9. The van der Waals surface area contributed by atoms with Crippen LogP contribution in [0.15, 0.2) is 24.3 Å². The molecule has 21 heavy (non-hydrogen) atoms. The molecule has 2 heterocycles. The van der Waals surface area contributed by atoms with E-state index < -0.39 is 22.5 Å². The molecule has 0 N–H and O–H groups in total. The van der Waals surface area contributed by atoms with Crippen molar-refractivity contribution in [3.8, 4) is 0 Å². The minimum absolute atomic E-state index is 0.279. The van der Waals surface area contributed by atoms with Crippen LogP contribution in [0, 0.1) is 0 Å². The summed E-state index contributed by atoms with van der Waals surface area (Å²) in [6.45, 7) is 0.317. The minimum atomic E-state index is -3.78. The molecule has 0 saturated carbocycles. The summed E-state index contributed by atoms with van der Waals surface area (Å²) in [5.41, 5.74) is 0.828. The Morgan fingerprint density at radius 3 is 2.52 bits per heavy atom. The van der Waals surface area contributed by atoms with Crippen LogP contribution < -0.4 is 0 Å². The molecule has 0 amide bonds. The monoisotopic (exact) mass is 398 g/mol. The van der Waals surface area contributed by atoms with Gasteiger partial charge < -0.3 is 9.47 Å². The van der Waals surface area contributed by atoms with Gasteiger partial charge in [-0.15, -0.1) is 0 Å². The number of halogens is 2. The topological polar surface area (TPSA) is 71.1 Å². The Morgan fingerprint density at radius 2 is 1.95 bits per heavy atom. The summed E-state index contributed by atoms with van der Waals surface area (Å²) in [7, 11) is -3.78. The average molecular weight is 400 g/mol. The lowest BCUT2D eigenvalue weighted by Gasteiger charge is -2.29. The van der Waals surface area contributed by atoms with E-state index in [-0.39, 0.29) is 12.5 Å². The molecule has 0 radical (unpaired) electrons. The first kappa shape index (κ1) is 15.7. The second kappa shape index (κ2) is 5.77. The second-order valence-electron chi connectivity index (χ2n) is 4.71. The Hall–Kier alpha value is -0.220. The SMILES string of the molecule is O=S1(=O)OC(C[C@H]2CO[C@@](CBr)(c3ccc(Cl)cc3)O2)O1. The fourth-order valence-electron chi connectivity index (χ4n) is 2.25. The Balaban J connectivity index is 1.67. The predicted octanol–water partition coefficient (Wildman–Crippen LogP) is 2.31. The highest BCUT2D eigenvalue weighted by Crippen LogP contribution is 2.38. The molecule has 0 spiro atoms.